The lowest BCUT2D eigenvalue weighted by Crippen LogP contribution is -2.46. The molecule has 2 unspecified atom stereocenters. The van der Waals surface area contributed by atoms with Crippen molar-refractivity contribution < 1.29 is 14.7 Å². The van der Waals surface area contributed by atoms with E-state index in [-0.39, 0.29) is 18.4 Å². The Balaban J connectivity index is 2.78. The molecule has 5 nitrogen and oxygen atoms in total. The average molecular weight is 256 g/mol. The molecule has 0 bridgehead atoms. The Morgan fingerprint density at radius 1 is 1.50 bits per heavy atom. The number of nitrogens with zero attached hydrogens (tertiary/aromatic N) is 2. The van der Waals surface area contributed by atoms with E-state index in [0.29, 0.717) is 12.5 Å². The second-order valence-corrected chi connectivity index (χ2v) is 5.08. The van der Waals surface area contributed by atoms with Gasteiger partial charge in [-0.2, -0.15) is 0 Å². The first-order valence-corrected chi connectivity index (χ1v) is 6.69. The fourth-order valence-corrected chi connectivity index (χ4v) is 2.43. The van der Waals surface area contributed by atoms with Gasteiger partial charge in [-0.25, -0.2) is 0 Å². The van der Waals surface area contributed by atoms with Crippen molar-refractivity contribution in [3.05, 3.63) is 0 Å². The Labute approximate surface area is 109 Å². The lowest BCUT2D eigenvalue weighted by Gasteiger charge is -2.30. The molecule has 1 saturated heterocycles. The summed E-state index contributed by atoms with van der Waals surface area (Å²) in [5, 5.41) is 8.78. The molecule has 1 heterocycles. The van der Waals surface area contributed by atoms with E-state index in [1.807, 2.05) is 16.8 Å². The smallest absolute Gasteiger partial charge is 0.303 e. The van der Waals surface area contributed by atoms with Crippen LogP contribution >= 0.6 is 0 Å². The molecule has 1 N–H and O–H groups in total. The molecule has 2 atom stereocenters. The van der Waals surface area contributed by atoms with Crippen molar-refractivity contribution in [3.63, 3.8) is 0 Å². The summed E-state index contributed by atoms with van der Waals surface area (Å²) in [7, 11) is 1.92. The molecule has 1 aliphatic rings. The fourth-order valence-electron chi connectivity index (χ4n) is 2.43. The van der Waals surface area contributed by atoms with Crippen molar-refractivity contribution in [2.75, 3.05) is 20.1 Å². The SMILES string of the molecule is CCCN1CCC(C)N(C)C(CCC(=O)O)C1=O. The van der Waals surface area contributed by atoms with Gasteiger partial charge in [0, 0.05) is 25.6 Å². The van der Waals surface area contributed by atoms with Gasteiger partial charge >= 0.3 is 5.97 Å². The fraction of sp³-hybridized carbons (Fsp3) is 0.846. The Kier molecular flexibility index (Phi) is 5.59. The average Bonchev–Trinajstić information content (AvgIpc) is 2.41. The van der Waals surface area contributed by atoms with E-state index >= 15 is 0 Å². The zero-order valence-corrected chi connectivity index (χ0v) is 11.6. The van der Waals surface area contributed by atoms with Gasteiger partial charge in [0.25, 0.3) is 0 Å². The van der Waals surface area contributed by atoms with Crippen molar-refractivity contribution in [1.29, 1.82) is 0 Å². The van der Waals surface area contributed by atoms with Gasteiger partial charge in [0.05, 0.1) is 6.04 Å². The summed E-state index contributed by atoms with van der Waals surface area (Å²) in [6, 6.07) is 0.0275. The minimum absolute atomic E-state index is 0.0490. The van der Waals surface area contributed by atoms with E-state index in [1.165, 1.54) is 0 Å². The molecular weight excluding hydrogens is 232 g/mol. The molecule has 0 aliphatic carbocycles. The van der Waals surface area contributed by atoms with Crippen LogP contribution in [-0.2, 0) is 9.59 Å². The van der Waals surface area contributed by atoms with Crippen LogP contribution in [-0.4, -0.2) is 59.0 Å². The van der Waals surface area contributed by atoms with Crippen LogP contribution in [0.1, 0.15) is 39.5 Å². The van der Waals surface area contributed by atoms with Crippen molar-refractivity contribution in [2.45, 2.75) is 51.6 Å². The molecular formula is C13H24N2O3. The normalized spacial score (nSPS) is 26.2. The molecule has 1 rings (SSSR count). The topological polar surface area (TPSA) is 60.9 Å². The molecule has 0 radical (unpaired) electrons. The van der Waals surface area contributed by atoms with Gasteiger partial charge in [-0.3, -0.25) is 14.5 Å². The molecule has 1 amide bonds. The van der Waals surface area contributed by atoms with E-state index in [9.17, 15) is 9.59 Å². The number of carboxylic acids is 1. The summed E-state index contributed by atoms with van der Waals surface area (Å²) in [4.78, 5) is 27.0. The Morgan fingerprint density at radius 2 is 2.17 bits per heavy atom. The van der Waals surface area contributed by atoms with Gasteiger partial charge in [-0.05, 0) is 33.2 Å². The summed E-state index contributed by atoms with van der Waals surface area (Å²) in [6.45, 7) is 5.69. The van der Waals surface area contributed by atoms with Crippen LogP contribution in [0.4, 0.5) is 0 Å². The first kappa shape index (κ1) is 15.0. The van der Waals surface area contributed by atoms with Crippen LogP contribution in [0.2, 0.25) is 0 Å². The quantitative estimate of drug-likeness (QED) is 0.802. The molecule has 1 aliphatic heterocycles. The van der Waals surface area contributed by atoms with Crippen molar-refractivity contribution >= 4 is 11.9 Å². The van der Waals surface area contributed by atoms with Gasteiger partial charge in [-0.1, -0.05) is 6.92 Å². The number of amides is 1. The second-order valence-electron chi connectivity index (χ2n) is 5.08. The third-order valence-electron chi connectivity index (χ3n) is 3.73. The summed E-state index contributed by atoms with van der Waals surface area (Å²) >= 11 is 0. The van der Waals surface area contributed by atoms with Gasteiger partial charge in [-0.15, -0.1) is 0 Å². The predicted molar refractivity (Wildman–Crippen MR) is 69.4 cm³/mol. The minimum atomic E-state index is -0.838. The number of hydrogen-bond acceptors (Lipinski definition) is 3. The van der Waals surface area contributed by atoms with Crippen LogP contribution in [0.25, 0.3) is 0 Å². The highest BCUT2D eigenvalue weighted by Crippen LogP contribution is 2.19. The minimum Gasteiger partial charge on any atom is -0.481 e. The van der Waals surface area contributed by atoms with E-state index in [1.54, 1.807) is 0 Å². The number of carbonyl (C=O) groups excluding carboxylic acids is 1. The zero-order valence-electron chi connectivity index (χ0n) is 11.6. The van der Waals surface area contributed by atoms with E-state index in [4.69, 9.17) is 5.11 Å². The second kappa shape index (κ2) is 6.73. The van der Waals surface area contributed by atoms with Gasteiger partial charge < -0.3 is 10.0 Å². The summed E-state index contributed by atoms with van der Waals surface area (Å²) < 4.78 is 0. The van der Waals surface area contributed by atoms with Gasteiger partial charge in [0.1, 0.15) is 0 Å². The first-order chi connectivity index (χ1) is 8.47. The Hall–Kier alpha value is -1.10. The Bertz CT molecular complexity index is 307. The lowest BCUT2D eigenvalue weighted by atomic mass is 10.1. The molecule has 18 heavy (non-hydrogen) atoms. The maximum atomic E-state index is 12.4. The molecule has 0 saturated carbocycles. The maximum absolute atomic E-state index is 12.4. The third kappa shape index (κ3) is 3.70. The molecule has 0 spiro atoms. The summed E-state index contributed by atoms with van der Waals surface area (Å²) in [5.41, 5.74) is 0. The number of likely N-dealkylation sites (N-methyl/N-ethyl adjacent to an activating group) is 1. The van der Waals surface area contributed by atoms with Crippen LogP contribution in [0.5, 0.6) is 0 Å². The number of carbonyl (C=O) groups is 2. The molecule has 0 aromatic rings. The maximum Gasteiger partial charge on any atom is 0.303 e. The van der Waals surface area contributed by atoms with E-state index in [0.717, 1.165) is 25.9 Å². The molecule has 0 aromatic heterocycles. The van der Waals surface area contributed by atoms with Crippen LogP contribution in [0.15, 0.2) is 0 Å². The number of carboxylic acid groups (broad SMARTS) is 1. The molecule has 0 aromatic carbocycles. The van der Waals surface area contributed by atoms with Crippen LogP contribution in [0, 0.1) is 0 Å². The zero-order chi connectivity index (χ0) is 13.7. The largest absolute Gasteiger partial charge is 0.481 e. The monoisotopic (exact) mass is 256 g/mol. The van der Waals surface area contributed by atoms with Gasteiger partial charge in [0.15, 0.2) is 0 Å². The van der Waals surface area contributed by atoms with Crippen LogP contribution < -0.4 is 0 Å². The predicted octanol–water partition coefficient (Wildman–Crippen LogP) is 1.18. The highest BCUT2D eigenvalue weighted by molar-refractivity contribution is 5.82. The van der Waals surface area contributed by atoms with Gasteiger partial charge in [0.2, 0.25) is 5.91 Å². The van der Waals surface area contributed by atoms with Crippen molar-refractivity contribution in [3.8, 4) is 0 Å². The van der Waals surface area contributed by atoms with Crippen molar-refractivity contribution in [1.82, 2.24) is 9.80 Å². The molecule has 104 valence electrons. The number of rotatable bonds is 5. The lowest BCUT2D eigenvalue weighted by molar-refractivity contribution is -0.139. The number of hydrogen-bond donors (Lipinski definition) is 1. The molecule has 1 fully saturated rings. The highest BCUT2D eigenvalue weighted by Gasteiger charge is 2.33. The first-order valence-electron chi connectivity index (χ1n) is 6.69. The van der Waals surface area contributed by atoms with Crippen LogP contribution in [0.3, 0.4) is 0 Å². The van der Waals surface area contributed by atoms with Crippen molar-refractivity contribution in [2.24, 2.45) is 0 Å². The third-order valence-corrected chi connectivity index (χ3v) is 3.73. The number of aliphatic carboxylic acids is 1. The standard InChI is InChI=1S/C13H24N2O3/c1-4-8-15-9-7-10(2)14(3)11(13(15)18)5-6-12(16)17/h10-11H,4-9H2,1-3H3,(H,16,17). The Morgan fingerprint density at radius 3 is 2.72 bits per heavy atom. The highest BCUT2D eigenvalue weighted by atomic mass is 16.4. The van der Waals surface area contributed by atoms with E-state index in [2.05, 4.69) is 13.8 Å². The summed E-state index contributed by atoms with van der Waals surface area (Å²) in [6.07, 6.45) is 2.34. The molecule has 5 heteroatoms. The summed E-state index contributed by atoms with van der Waals surface area (Å²) in [5.74, 6) is -0.750. The van der Waals surface area contributed by atoms with E-state index < -0.39 is 5.97 Å².